The molecular weight excluding hydrogens is 328 g/mol. The van der Waals surface area contributed by atoms with E-state index in [2.05, 4.69) is 23.8 Å². The minimum absolute atomic E-state index is 0.219. The Morgan fingerprint density at radius 1 is 1.12 bits per heavy atom. The number of hydrogen-bond donors (Lipinski definition) is 1. The lowest BCUT2D eigenvalue weighted by molar-refractivity contribution is 0.257. The van der Waals surface area contributed by atoms with Crippen LogP contribution in [0.1, 0.15) is 25.1 Å². The quantitative estimate of drug-likeness (QED) is 0.726. The molecule has 0 amide bonds. The number of aromatic amines is 1. The van der Waals surface area contributed by atoms with Gasteiger partial charge in [0, 0.05) is 0 Å². The molecule has 0 aliphatic rings. The molecule has 0 aliphatic heterocycles. The van der Waals surface area contributed by atoms with Gasteiger partial charge in [-0.05, 0) is 41.8 Å². The topological polar surface area (TPSA) is 64.2 Å². The van der Waals surface area contributed by atoms with Gasteiger partial charge in [0.25, 0.3) is 5.56 Å². The third-order valence-electron chi connectivity index (χ3n) is 3.82. The Balaban J connectivity index is 1.86. The summed E-state index contributed by atoms with van der Waals surface area (Å²) in [5, 5.41) is 0. The summed E-state index contributed by atoms with van der Waals surface area (Å²) in [6, 6.07) is 13.1. The molecule has 1 N–H and O–H groups in total. The highest BCUT2D eigenvalue weighted by atomic mass is 16.5. The number of methoxy groups -OCH3 is 1. The van der Waals surface area contributed by atoms with E-state index < -0.39 is 0 Å². The molecule has 2 aromatic carbocycles. The first kappa shape index (κ1) is 17.7. The van der Waals surface area contributed by atoms with E-state index in [9.17, 15) is 4.79 Å². The van der Waals surface area contributed by atoms with Crippen molar-refractivity contribution in [1.82, 2.24) is 9.97 Å². The van der Waals surface area contributed by atoms with Gasteiger partial charge in [-0.25, -0.2) is 4.98 Å². The molecule has 0 saturated heterocycles. The van der Waals surface area contributed by atoms with E-state index in [0.717, 1.165) is 16.6 Å². The molecule has 0 saturated carbocycles. The maximum atomic E-state index is 12.2. The molecule has 5 heteroatoms. The van der Waals surface area contributed by atoms with E-state index in [-0.39, 0.29) is 5.56 Å². The van der Waals surface area contributed by atoms with Crippen molar-refractivity contribution in [3.05, 3.63) is 64.1 Å². The molecule has 0 unspecified atom stereocenters. The summed E-state index contributed by atoms with van der Waals surface area (Å²) < 4.78 is 11.2. The standard InChI is InChI=1S/C21H22N2O3/c1-14(2)13-26-19-11-9-15(12-20(19)25-3)8-10-18-21(24)23-17-7-5-4-6-16(17)22-18/h4-12,14H,13H2,1-3H3,(H,23,24)/b10-8+. The maximum absolute atomic E-state index is 12.2. The highest BCUT2D eigenvalue weighted by Crippen LogP contribution is 2.29. The van der Waals surface area contributed by atoms with Crippen LogP contribution in [0.25, 0.3) is 23.2 Å². The summed E-state index contributed by atoms with van der Waals surface area (Å²) in [7, 11) is 1.61. The van der Waals surface area contributed by atoms with Crippen molar-refractivity contribution < 1.29 is 9.47 Å². The molecule has 1 aromatic heterocycles. The van der Waals surface area contributed by atoms with E-state index in [1.54, 1.807) is 13.2 Å². The van der Waals surface area contributed by atoms with Crippen LogP contribution in [0.2, 0.25) is 0 Å². The average molecular weight is 350 g/mol. The number of H-pyrrole nitrogens is 1. The van der Waals surface area contributed by atoms with Gasteiger partial charge in [0.05, 0.1) is 24.8 Å². The van der Waals surface area contributed by atoms with Gasteiger partial charge in [-0.3, -0.25) is 4.79 Å². The molecule has 1 heterocycles. The number of aromatic nitrogens is 2. The van der Waals surface area contributed by atoms with Crippen LogP contribution in [0.15, 0.2) is 47.3 Å². The lowest BCUT2D eigenvalue weighted by atomic mass is 10.1. The molecular formula is C21H22N2O3. The maximum Gasteiger partial charge on any atom is 0.274 e. The predicted molar refractivity (Wildman–Crippen MR) is 105 cm³/mol. The Bertz CT molecular complexity index is 990. The molecule has 134 valence electrons. The summed E-state index contributed by atoms with van der Waals surface area (Å²) in [5.74, 6) is 1.80. The van der Waals surface area contributed by atoms with Crippen LogP contribution in [0.5, 0.6) is 11.5 Å². The Morgan fingerprint density at radius 3 is 2.69 bits per heavy atom. The summed E-state index contributed by atoms with van der Waals surface area (Å²) in [4.78, 5) is 19.4. The van der Waals surface area contributed by atoms with Gasteiger partial charge < -0.3 is 14.5 Å². The molecule has 0 radical (unpaired) electrons. The number of nitrogens with zero attached hydrogens (tertiary/aromatic N) is 1. The normalized spacial score (nSPS) is 11.4. The molecule has 0 atom stereocenters. The molecule has 5 nitrogen and oxygen atoms in total. The Labute approximate surface area is 152 Å². The van der Waals surface area contributed by atoms with Crippen molar-refractivity contribution in [3.8, 4) is 11.5 Å². The van der Waals surface area contributed by atoms with Gasteiger partial charge in [-0.15, -0.1) is 0 Å². The van der Waals surface area contributed by atoms with E-state index >= 15 is 0 Å². The van der Waals surface area contributed by atoms with Crippen LogP contribution in [-0.2, 0) is 0 Å². The van der Waals surface area contributed by atoms with Crippen molar-refractivity contribution in [3.63, 3.8) is 0 Å². The van der Waals surface area contributed by atoms with Gasteiger partial charge in [0.1, 0.15) is 5.69 Å². The van der Waals surface area contributed by atoms with E-state index in [1.165, 1.54) is 0 Å². The van der Waals surface area contributed by atoms with Crippen LogP contribution >= 0.6 is 0 Å². The van der Waals surface area contributed by atoms with Gasteiger partial charge in [0.2, 0.25) is 0 Å². The predicted octanol–water partition coefficient (Wildman–Crippen LogP) is 4.14. The fraction of sp³-hybridized carbons (Fsp3) is 0.238. The van der Waals surface area contributed by atoms with Crippen LogP contribution in [0, 0.1) is 5.92 Å². The second-order valence-corrected chi connectivity index (χ2v) is 6.42. The van der Waals surface area contributed by atoms with E-state index in [1.807, 2.05) is 48.5 Å². The molecule has 26 heavy (non-hydrogen) atoms. The van der Waals surface area contributed by atoms with E-state index in [0.29, 0.717) is 29.7 Å². The fourth-order valence-corrected chi connectivity index (χ4v) is 2.50. The molecule has 3 rings (SSSR count). The van der Waals surface area contributed by atoms with Crippen molar-refractivity contribution >= 4 is 23.2 Å². The smallest absolute Gasteiger partial charge is 0.274 e. The zero-order chi connectivity index (χ0) is 18.5. The van der Waals surface area contributed by atoms with Crippen LogP contribution in [0.3, 0.4) is 0 Å². The largest absolute Gasteiger partial charge is 0.493 e. The van der Waals surface area contributed by atoms with Crippen LogP contribution in [-0.4, -0.2) is 23.7 Å². The minimum atomic E-state index is -0.219. The van der Waals surface area contributed by atoms with Gasteiger partial charge >= 0.3 is 0 Å². The number of ether oxygens (including phenoxy) is 2. The Morgan fingerprint density at radius 2 is 1.92 bits per heavy atom. The highest BCUT2D eigenvalue weighted by Gasteiger charge is 2.06. The lowest BCUT2D eigenvalue weighted by Gasteiger charge is -2.12. The number of nitrogens with one attached hydrogen (secondary N) is 1. The monoisotopic (exact) mass is 350 g/mol. The van der Waals surface area contributed by atoms with Gasteiger partial charge in [0.15, 0.2) is 11.5 Å². The van der Waals surface area contributed by atoms with Gasteiger partial charge in [-0.2, -0.15) is 0 Å². The summed E-state index contributed by atoms with van der Waals surface area (Å²) in [6.45, 7) is 4.82. The second-order valence-electron chi connectivity index (χ2n) is 6.42. The minimum Gasteiger partial charge on any atom is -0.493 e. The summed E-state index contributed by atoms with van der Waals surface area (Å²) in [6.07, 6.45) is 3.54. The Kier molecular flexibility index (Phi) is 5.37. The Hall–Kier alpha value is -3.08. The zero-order valence-corrected chi connectivity index (χ0v) is 15.2. The van der Waals surface area contributed by atoms with Crippen LogP contribution < -0.4 is 15.0 Å². The second kappa shape index (κ2) is 7.87. The third kappa shape index (κ3) is 4.11. The van der Waals surface area contributed by atoms with Crippen molar-refractivity contribution in [2.45, 2.75) is 13.8 Å². The van der Waals surface area contributed by atoms with Crippen LogP contribution in [0.4, 0.5) is 0 Å². The van der Waals surface area contributed by atoms with E-state index in [4.69, 9.17) is 9.47 Å². The first-order valence-corrected chi connectivity index (χ1v) is 8.55. The lowest BCUT2D eigenvalue weighted by Crippen LogP contribution is -2.11. The van der Waals surface area contributed by atoms with Crippen molar-refractivity contribution in [1.29, 1.82) is 0 Å². The number of benzene rings is 2. The molecule has 0 spiro atoms. The first-order valence-electron chi connectivity index (χ1n) is 8.55. The summed E-state index contributed by atoms with van der Waals surface area (Å²) >= 11 is 0. The molecule has 3 aromatic rings. The van der Waals surface area contributed by atoms with Crippen molar-refractivity contribution in [2.24, 2.45) is 5.92 Å². The molecule has 0 aliphatic carbocycles. The summed E-state index contributed by atoms with van der Waals surface area (Å²) in [5.41, 5.74) is 2.52. The molecule has 0 bridgehead atoms. The fourth-order valence-electron chi connectivity index (χ4n) is 2.50. The van der Waals surface area contributed by atoms with Crippen molar-refractivity contribution in [2.75, 3.05) is 13.7 Å². The zero-order valence-electron chi connectivity index (χ0n) is 15.2. The number of hydrogen-bond acceptors (Lipinski definition) is 4. The highest BCUT2D eigenvalue weighted by molar-refractivity contribution is 5.76. The third-order valence-corrected chi connectivity index (χ3v) is 3.82. The average Bonchev–Trinajstić information content (AvgIpc) is 2.64. The number of para-hydroxylation sites is 2. The van der Waals surface area contributed by atoms with Gasteiger partial charge in [-0.1, -0.05) is 38.1 Å². The number of fused-ring (bicyclic) bond motifs is 1. The first-order chi connectivity index (χ1) is 12.6. The number of rotatable bonds is 6. The SMILES string of the molecule is COc1cc(/C=C/c2nc3ccccc3[nH]c2=O)ccc1OCC(C)C. The molecule has 0 fully saturated rings.